The lowest BCUT2D eigenvalue weighted by molar-refractivity contribution is -0.167. The Balaban J connectivity index is 1.72. The van der Waals surface area contributed by atoms with Gasteiger partial charge in [0.25, 0.3) is 0 Å². The summed E-state index contributed by atoms with van der Waals surface area (Å²) in [4.78, 5) is 5.15. The summed E-state index contributed by atoms with van der Waals surface area (Å²) in [5.74, 6) is 2.18. The van der Waals surface area contributed by atoms with Crippen LogP contribution in [0.25, 0.3) is 0 Å². The van der Waals surface area contributed by atoms with E-state index in [0.717, 1.165) is 30.4 Å². The average molecular weight is 594 g/mol. The molecule has 0 spiro atoms. The Labute approximate surface area is 243 Å². The van der Waals surface area contributed by atoms with E-state index >= 15 is 0 Å². The smallest absolute Gasteiger partial charge is 0.184 e. The molecule has 1 unspecified atom stereocenters. The summed E-state index contributed by atoms with van der Waals surface area (Å²) in [6, 6.07) is 0. The van der Waals surface area contributed by atoms with Crippen molar-refractivity contribution < 1.29 is 18.1 Å². The molecule has 0 aromatic heterocycles. The molecular weight excluding hydrogens is 535 g/mol. The van der Waals surface area contributed by atoms with Crippen LogP contribution in [0.3, 0.4) is 0 Å². The number of allylic oxidation sites excluding steroid dienone is 2. The Hall–Kier alpha value is -0.259. The average Bonchev–Trinajstić information content (AvgIpc) is 3.07. The van der Waals surface area contributed by atoms with Gasteiger partial charge in [0.2, 0.25) is 0 Å². The molecule has 0 aliphatic heterocycles. The fourth-order valence-corrected chi connectivity index (χ4v) is 12.4. The van der Waals surface area contributed by atoms with Crippen LogP contribution in [0, 0.1) is 28.6 Å². The quantitative estimate of drug-likeness (QED) is 0.198. The number of nitrogens with zero attached hydrogens (tertiary/aromatic N) is 1. The molecule has 7 atom stereocenters. The van der Waals surface area contributed by atoms with Crippen LogP contribution < -0.4 is 0 Å². The number of oxime groups is 1. The molecule has 224 valence electrons. The van der Waals surface area contributed by atoms with Gasteiger partial charge >= 0.3 is 0 Å². The molecule has 4 rings (SSSR count). The summed E-state index contributed by atoms with van der Waals surface area (Å²) in [5.41, 5.74) is 2.88. The first-order chi connectivity index (χ1) is 17.8. The van der Waals surface area contributed by atoms with Crippen LogP contribution in [-0.4, -0.2) is 56.1 Å². The lowest BCUT2D eigenvalue weighted by Crippen LogP contribution is -2.65. The van der Waals surface area contributed by atoms with Gasteiger partial charge in [0.15, 0.2) is 25.0 Å². The second-order valence-corrected chi connectivity index (χ2v) is 29.9. The standard InChI is InChI=1S/C31H59NO4Si3/c1-29-18-15-24(32-33-3)21-23(29)13-14-25-26(29)16-19-30(2)27(25)17-20-31(30,36-39(10,11)12)28(35-38(7,8)9)22-34-37(4,5)6/h21,25-28H,13-20,22H2,1-12H3/b32-24-/t25-,26+,27+,28?,29+,30+,31+/m1/s1. The molecule has 0 aromatic carbocycles. The van der Waals surface area contributed by atoms with Gasteiger partial charge < -0.3 is 18.1 Å². The SMILES string of the molecule is CO/N=C1\C=C2CC[C@@H]3[C@H](CC[C@@]4(C)[C@H]3CC[C@]4(O[Si](C)(C)C)C(CO[Si](C)(C)C)O[Si](C)(C)C)[C@@]2(C)CC1. The molecule has 0 heterocycles. The fourth-order valence-electron chi connectivity index (χ4n) is 9.12. The van der Waals surface area contributed by atoms with Crippen molar-refractivity contribution in [3.05, 3.63) is 11.6 Å². The molecule has 0 bridgehead atoms. The predicted octanol–water partition coefficient (Wildman–Crippen LogP) is 8.61. The molecule has 0 saturated heterocycles. The predicted molar refractivity (Wildman–Crippen MR) is 171 cm³/mol. The fraction of sp³-hybridized carbons (Fsp3) is 0.903. The van der Waals surface area contributed by atoms with Crippen molar-refractivity contribution in [2.24, 2.45) is 33.7 Å². The zero-order valence-corrected chi connectivity index (χ0v) is 30.3. The third kappa shape index (κ3) is 6.26. The summed E-state index contributed by atoms with van der Waals surface area (Å²) in [6.07, 6.45) is 12.0. The molecule has 3 fully saturated rings. The summed E-state index contributed by atoms with van der Waals surface area (Å²) in [6.45, 7) is 26.9. The molecular formula is C31H59NO4Si3. The van der Waals surface area contributed by atoms with E-state index in [-0.39, 0.29) is 22.5 Å². The van der Waals surface area contributed by atoms with Crippen molar-refractivity contribution in [3.63, 3.8) is 0 Å². The molecule has 3 saturated carbocycles. The first-order valence-electron chi connectivity index (χ1n) is 15.7. The van der Waals surface area contributed by atoms with Crippen molar-refractivity contribution in [1.82, 2.24) is 0 Å². The van der Waals surface area contributed by atoms with E-state index in [4.69, 9.17) is 18.1 Å². The van der Waals surface area contributed by atoms with Crippen LogP contribution in [0.2, 0.25) is 58.9 Å². The van der Waals surface area contributed by atoms with E-state index in [9.17, 15) is 0 Å². The van der Waals surface area contributed by atoms with Crippen molar-refractivity contribution in [1.29, 1.82) is 0 Å². The summed E-state index contributed by atoms with van der Waals surface area (Å²) < 4.78 is 21.4. The minimum Gasteiger partial charge on any atom is -0.415 e. The second-order valence-electron chi connectivity index (χ2n) is 16.5. The molecule has 8 heteroatoms. The van der Waals surface area contributed by atoms with Crippen molar-refractivity contribution in [2.75, 3.05) is 13.7 Å². The van der Waals surface area contributed by atoms with Gasteiger partial charge in [-0.3, -0.25) is 0 Å². The Morgan fingerprint density at radius 3 is 2.10 bits per heavy atom. The number of fused-ring (bicyclic) bond motifs is 5. The molecule has 0 N–H and O–H groups in total. The van der Waals surface area contributed by atoms with E-state index in [1.165, 1.54) is 38.5 Å². The minimum atomic E-state index is -1.88. The van der Waals surface area contributed by atoms with E-state index in [1.54, 1.807) is 12.7 Å². The van der Waals surface area contributed by atoms with Gasteiger partial charge in [0.05, 0.1) is 24.0 Å². The van der Waals surface area contributed by atoms with Gasteiger partial charge in [-0.05, 0) is 140 Å². The Kier molecular flexibility index (Phi) is 8.76. The molecule has 39 heavy (non-hydrogen) atoms. The molecule has 5 nitrogen and oxygen atoms in total. The minimum absolute atomic E-state index is 0.00583. The van der Waals surface area contributed by atoms with Crippen molar-refractivity contribution >= 4 is 30.7 Å². The monoisotopic (exact) mass is 593 g/mol. The van der Waals surface area contributed by atoms with Crippen molar-refractivity contribution in [2.45, 2.75) is 136 Å². The normalized spacial score (nSPS) is 39.0. The molecule has 4 aliphatic rings. The Morgan fingerprint density at radius 1 is 0.846 bits per heavy atom. The number of hydrogen-bond donors (Lipinski definition) is 0. The molecule has 0 radical (unpaired) electrons. The third-order valence-electron chi connectivity index (χ3n) is 10.5. The highest BCUT2D eigenvalue weighted by atomic mass is 28.4. The van der Waals surface area contributed by atoms with Gasteiger partial charge in [-0.15, -0.1) is 0 Å². The van der Waals surface area contributed by atoms with Crippen LogP contribution in [-0.2, 0) is 18.1 Å². The van der Waals surface area contributed by atoms with Gasteiger partial charge in [-0.1, -0.05) is 24.6 Å². The first kappa shape index (κ1) is 31.7. The van der Waals surface area contributed by atoms with Crippen LogP contribution in [0.15, 0.2) is 16.8 Å². The molecule has 4 aliphatic carbocycles. The van der Waals surface area contributed by atoms with Gasteiger partial charge in [0, 0.05) is 5.41 Å². The van der Waals surface area contributed by atoms with E-state index in [0.29, 0.717) is 12.5 Å². The number of hydrogen-bond acceptors (Lipinski definition) is 5. The highest BCUT2D eigenvalue weighted by Crippen LogP contribution is 2.69. The van der Waals surface area contributed by atoms with E-state index < -0.39 is 25.0 Å². The highest BCUT2D eigenvalue weighted by molar-refractivity contribution is 6.70. The summed E-state index contributed by atoms with van der Waals surface area (Å²) in [7, 11) is -3.75. The second kappa shape index (κ2) is 10.8. The summed E-state index contributed by atoms with van der Waals surface area (Å²) in [5, 5.41) is 4.32. The van der Waals surface area contributed by atoms with Gasteiger partial charge in [-0.25, -0.2) is 0 Å². The maximum atomic E-state index is 7.52. The zero-order valence-electron chi connectivity index (χ0n) is 27.3. The lowest BCUT2D eigenvalue weighted by atomic mass is 9.46. The van der Waals surface area contributed by atoms with Crippen LogP contribution >= 0.6 is 0 Å². The Bertz CT molecular complexity index is 964. The van der Waals surface area contributed by atoms with Crippen molar-refractivity contribution in [3.8, 4) is 0 Å². The maximum Gasteiger partial charge on any atom is 0.184 e. The molecule has 0 amide bonds. The van der Waals surface area contributed by atoms with E-state index in [2.05, 4.69) is 84.0 Å². The summed E-state index contributed by atoms with van der Waals surface area (Å²) >= 11 is 0. The third-order valence-corrected chi connectivity index (χ3v) is 13.5. The van der Waals surface area contributed by atoms with Gasteiger partial charge in [-0.2, -0.15) is 0 Å². The zero-order chi connectivity index (χ0) is 29.1. The van der Waals surface area contributed by atoms with Crippen LogP contribution in [0.1, 0.15) is 65.2 Å². The molecule has 0 aromatic rings. The van der Waals surface area contributed by atoms with Crippen LogP contribution in [0.5, 0.6) is 0 Å². The highest BCUT2D eigenvalue weighted by Gasteiger charge is 2.68. The van der Waals surface area contributed by atoms with Gasteiger partial charge in [0.1, 0.15) is 7.11 Å². The first-order valence-corrected chi connectivity index (χ1v) is 25.9. The maximum absolute atomic E-state index is 7.52. The van der Waals surface area contributed by atoms with E-state index in [1.807, 2.05) is 0 Å². The number of rotatable bonds is 9. The topological polar surface area (TPSA) is 49.3 Å². The largest absolute Gasteiger partial charge is 0.415 e. The van der Waals surface area contributed by atoms with Crippen LogP contribution in [0.4, 0.5) is 0 Å². The lowest BCUT2D eigenvalue weighted by Gasteiger charge is -2.62. The Morgan fingerprint density at radius 2 is 1.51 bits per heavy atom.